The molecule has 3 nitrogen and oxygen atoms in total. The molecule has 1 aromatic rings. The fourth-order valence-corrected chi connectivity index (χ4v) is 2.49. The third-order valence-electron chi connectivity index (χ3n) is 2.72. The van der Waals surface area contributed by atoms with Gasteiger partial charge in [0, 0.05) is 13.1 Å². The van der Waals surface area contributed by atoms with Crippen molar-refractivity contribution >= 4 is 29.7 Å². The Hall–Kier alpha value is -0.580. The molecule has 1 aromatic heterocycles. The first-order valence-electron chi connectivity index (χ1n) is 5.36. The van der Waals surface area contributed by atoms with Gasteiger partial charge in [-0.2, -0.15) is 11.3 Å². The van der Waals surface area contributed by atoms with Crippen LogP contribution in [-0.2, 0) is 11.2 Å². The lowest BCUT2D eigenvalue weighted by molar-refractivity contribution is -0.124. The second kappa shape index (κ2) is 6.89. The Labute approximate surface area is 106 Å². The number of hydrogen-bond acceptors (Lipinski definition) is 3. The summed E-state index contributed by atoms with van der Waals surface area (Å²) in [6.45, 7) is 2.57. The van der Waals surface area contributed by atoms with E-state index in [-0.39, 0.29) is 24.2 Å². The monoisotopic (exact) mass is 260 g/mol. The Morgan fingerprint density at radius 2 is 2.50 bits per heavy atom. The largest absolute Gasteiger partial charge is 0.355 e. The van der Waals surface area contributed by atoms with Crippen LogP contribution in [0.1, 0.15) is 12.0 Å². The van der Waals surface area contributed by atoms with E-state index in [1.54, 1.807) is 11.3 Å². The van der Waals surface area contributed by atoms with E-state index < -0.39 is 0 Å². The molecule has 2 heterocycles. The lowest BCUT2D eigenvalue weighted by Crippen LogP contribution is -2.33. The molecular weight excluding hydrogens is 244 g/mol. The summed E-state index contributed by atoms with van der Waals surface area (Å²) in [5, 5.41) is 10.4. The molecule has 1 aliphatic rings. The second-order valence-corrected chi connectivity index (χ2v) is 4.64. The maximum atomic E-state index is 11.6. The van der Waals surface area contributed by atoms with Crippen molar-refractivity contribution in [1.82, 2.24) is 10.6 Å². The predicted molar refractivity (Wildman–Crippen MR) is 69.3 cm³/mol. The quantitative estimate of drug-likeness (QED) is 0.860. The van der Waals surface area contributed by atoms with Gasteiger partial charge < -0.3 is 10.6 Å². The fraction of sp³-hybridized carbons (Fsp3) is 0.545. The molecule has 90 valence electrons. The van der Waals surface area contributed by atoms with Crippen molar-refractivity contribution in [1.29, 1.82) is 0 Å². The van der Waals surface area contributed by atoms with Gasteiger partial charge in [-0.25, -0.2) is 0 Å². The van der Waals surface area contributed by atoms with Crippen LogP contribution in [0.3, 0.4) is 0 Å². The Kier molecular flexibility index (Phi) is 5.80. The molecule has 1 atom stereocenters. The van der Waals surface area contributed by atoms with Gasteiger partial charge in [0.2, 0.25) is 5.91 Å². The van der Waals surface area contributed by atoms with Crippen LogP contribution < -0.4 is 10.6 Å². The smallest absolute Gasteiger partial charge is 0.224 e. The van der Waals surface area contributed by atoms with E-state index in [0.717, 1.165) is 32.5 Å². The van der Waals surface area contributed by atoms with Crippen LogP contribution in [0.15, 0.2) is 16.8 Å². The molecular formula is C11H17ClN2OS. The van der Waals surface area contributed by atoms with Crippen molar-refractivity contribution in [2.45, 2.75) is 12.8 Å². The van der Waals surface area contributed by atoms with Crippen LogP contribution in [0.4, 0.5) is 0 Å². The van der Waals surface area contributed by atoms with Gasteiger partial charge in [0.1, 0.15) is 0 Å². The summed E-state index contributed by atoms with van der Waals surface area (Å²) in [5.41, 5.74) is 1.31. The number of carbonyl (C=O) groups excluding carboxylic acids is 1. The SMILES string of the molecule is Cl.O=C(NCCc1ccsc1)[C@H]1CCNC1. The van der Waals surface area contributed by atoms with Crippen molar-refractivity contribution in [3.8, 4) is 0 Å². The molecule has 1 amide bonds. The van der Waals surface area contributed by atoms with Crippen LogP contribution >= 0.6 is 23.7 Å². The highest BCUT2D eigenvalue weighted by Crippen LogP contribution is 2.08. The highest BCUT2D eigenvalue weighted by Gasteiger charge is 2.21. The summed E-state index contributed by atoms with van der Waals surface area (Å²) in [4.78, 5) is 11.6. The zero-order valence-electron chi connectivity index (χ0n) is 9.07. The van der Waals surface area contributed by atoms with Gasteiger partial charge in [0.15, 0.2) is 0 Å². The van der Waals surface area contributed by atoms with Gasteiger partial charge in [-0.05, 0) is 41.8 Å². The molecule has 1 saturated heterocycles. The summed E-state index contributed by atoms with van der Waals surface area (Å²) in [5.74, 6) is 0.391. The molecule has 0 spiro atoms. The zero-order valence-corrected chi connectivity index (χ0v) is 10.7. The molecule has 0 radical (unpaired) electrons. The number of amides is 1. The number of hydrogen-bond donors (Lipinski definition) is 2. The van der Waals surface area contributed by atoms with Crippen molar-refractivity contribution in [2.75, 3.05) is 19.6 Å². The van der Waals surface area contributed by atoms with E-state index in [1.165, 1.54) is 5.56 Å². The summed E-state index contributed by atoms with van der Waals surface area (Å²) in [6.07, 6.45) is 1.92. The van der Waals surface area contributed by atoms with Crippen LogP contribution in [0.5, 0.6) is 0 Å². The van der Waals surface area contributed by atoms with Crippen LogP contribution in [-0.4, -0.2) is 25.5 Å². The topological polar surface area (TPSA) is 41.1 Å². The average molecular weight is 261 g/mol. The lowest BCUT2D eigenvalue weighted by Gasteiger charge is -2.08. The Morgan fingerprint density at radius 1 is 1.62 bits per heavy atom. The standard InChI is InChI=1S/C11H16N2OS.ClH/c14-11(10-2-4-12-7-10)13-5-1-9-3-6-15-8-9;/h3,6,8,10,12H,1-2,4-5,7H2,(H,13,14);1H/t10-;/m0./s1. The molecule has 2 rings (SSSR count). The lowest BCUT2D eigenvalue weighted by atomic mass is 10.1. The van der Waals surface area contributed by atoms with Gasteiger partial charge in [-0.3, -0.25) is 4.79 Å². The second-order valence-electron chi connectivity index (χ2n) is 3.86. The zero-order chi connectivity index (χ0) is 10.5. The van der Waals surface area contributed by atoms with Gasteiger partial charge >= 0.3 is 0 Å². The van der Waals surface area contributed by atoms with E-state index >= 15 is 0 Å². The first-order valence-corrected chi connectivity index (χ1v) is 6.30. The maximum Gasteiger partial charge on any atom is 0.224 e. The molecule has 0 bridgehead atoms. The minimum atomic E-state index is 0. The number of nitrogens with one attached hydrogen (secondary N) is 2. The van der Waals surface area contributed by atoms with E-state index in [1.807, 2.05) is 0 Å². The van der Waals surface area contributed by atoms with Gasteiger partial charge in [0.05, 0.1) is 5.92 Å². The molecule has 1 aliphatic heterocycles. The van der Waals surface area contributed by atoms with E-state index in [0.29, 0.717) is 0 Å². The molecule has 2 N–H and O–H groups in total. The minimum absolute atomic E-state index is 0. The number of thiophene rings is 1. The van der Waals surface area contributed by atoms with Crippen molar-refractivity contribution in [3.63, 3.8) is 0 Å². The normalized spacial score (nSPS) is 19.1. The summed E-state index contributed by atoms with van der Waals surface area (Å²) in [7, 11) is 0. The molecule has 0 saturated carbocycles. The van der Waals surface area contributed by atoms with E-state index in [9.17, 15) is 4.79 Å². The minimum Gasteiger partial charge on any atom is -0.355 e. The first-order chi connectivity index (χ1) is 7.36. The molecule has 0 unspecified atom stereocenters. The maximum absolute atomic E-state index is 11.6. The Bertz CT molecular complexity index is 310. The molecule has 16 heavy (non-hydrogen) atoms. The van der Waals surface area contributed by atoms with Crippen molar-refractivity contribution in [3.05, 3.63) is 22.4 Å². The molecule has 5 heteroatoms. The predicted octanol–water partition coefficient (Wildman–Crippen LogP) is 1.44. The van der Waals surface area contributed by atoms with Gasteiger partial charge in [-0.15, -0.1) is 12.4 Å². The highest BCUT2D eigenvalue weighted by molar-refractivity contribution is 7.07. The van der Waals surface area contributed by atoms with Crippen LogP contribution in [0.25, 0.3) is 0 Å². The van der Waals surface area contributed by atoms with Crippen LogP contribution in [0, 0.1) is 5.92 Å². The highest BCUT2D eigenvalue weighted by atomic mass is 35.5. The fourth-order valence-electron chi connectivity index (χ4n) is 1.79. The Morgan fingerprint density at radius 3 is 3.12 bits per heavy atom. The van der Waals surface area contributed by atoms with Crippen molar-refractivity contribution < 1.29 is 4.79 Å². The van der Waals surface area contributed by atoms with E-state index in [4.69, 9.17) is 0 Å². The van der Waals surface area contributed by atoms with Crippen LogP contribution in [0.2, 0.25) is 0 Å². The Balaban J connectivity index is 0.00000128. The van der Waals surface area contributed by atoms with E-state index in [2.05, 4.69) is 27.5 Å². The van der Waals surface area contributed by atoms with Gasteiger partial charge in [-0.1, -0.05) is 0 Å². The third-order valence-corrected chi connectivity index (χ3v) is 3.46. The third kappa shape index (κ3) is 3.77. The number of rotatable bonds is 4. The van der Waals surface area contributed by atoms with Gasteiger partial charge in [0.25, 0.3) is 0 Å². The summed E-state index contributed by atoms with van der Waals surface area (Å²) >= 11 is 1.70. The number of carbonyl (C=O) groups is 1. The first kappa shape index (κ1) is 13.5. The molecule has 0 aliphatic carbocycles. The van der Waals surface area contributed by atoms with Crippen molar-refractivity contribution in [2.24, 2.45) is 5.92 Å². The average Bonchev–Trinajstić information content (AvgIpc) is 2.90. The summed E-state index contributed by atoms with van der Waals surface area (Å²) < 4.78 is 0. The number of halogens is 1. The summed E-state index contributed by atoms with van der Waals surface area (Å²) in [6, 6.07) is 2.11. The molecule has 0 aromatic carbocycles. The molecule has 1 fully saturated rings.